The number of amides is 2. The van der Waals surface area contributed by atoms with E-state index in [-0.39, 0.29) is 17.1 Å². The van der Waals surface area contributed by atoms with Gasteiger partial charge in [-0.05, 0) is 44.4 Å². The van der Waals surface area contributed by atoms with E-state index in [2.05, 4.69) is 10.3 Å². The molecule has 0 fully saturated rings. The minimum atomic E-state index is -0.521. The van der Waals surface area contributed by atoms with Crippen LogP contribution in [0, 0.1) is 12.7 Å². The molecule has 27 heavy (non-hydrogen) atoms. The summed E-state index contributed by atoms with van der Waals surface area (Å²) >= 11 is 5.80. The van der Waals surface area contributed by atoms with Gasteiger partial charge in [-0.25, -0.2) is 9.18 Å². The number of benzene rings is 2. The van der Waals surface area contributed by atoms with Crippen molar-refractivity contribution >= 4 is 34.1 Å². The third kappa shape index (κ3) is 3.88. The van der Waals surface area contributed by atoms with Crippen LogP contribution < -0.4 is 5.32 Å². The number of rotatable bonds is 4. The molecule has 140 valence electrons. The zero-order chi connectivity index (χ0) is 19.6. The van der Waals surface area contributed by atoms with Gasteiger partial charge in [0.25, 0.3) is 0 Å². The molecule has 0 aliphatic heterocycles. The first-order chi connectivity index (χ1) is 12.9. The first kappa shape index (κ1) is 19.1. The van der Waals surface area contributed by atoms with Crippen LogP contribution in [0.5, 0.6) is 0 Å². The van der Waals surface area contributed by atoms with Crippen molar-refractivity contribution in [1.29, 1.82) is 0 Å². The van der Waals surface area contributed by atoms with E-state index in [4.69, 9.17) is 11.6 Å². The number of halogens is 2. The fourth-order valence-electron chi connectivity index (χ4n) is 3.22. The maximum absolute atomic E-state index is 13.3. The smallest absolute Gasteiger partial charge is 0.318 e. The maximum atomic E-state index is 13.3. The van der Waals surface area contributed by atoms with Crippen molar-refractivity contribution in [3.8, 4) is 0 Å². The lowest BCUT2D eigenvalue weighted by molar-refractivity contribution is 0.197. The minimum absolute atomic E-state index is 0.0300. The Morgan fingerprint density at radius 3 is 2.63 bits per heavy atom. The van der Waals surface area contributed by atoms with Gasteiger partial charge in [-0.1, -0.05) is 35.9 Å². The number of anilines is 1. The summed E-state index contributed by atoms with van der Waals surface area (Å²) in [4.78, 5) is 19.0. The van der Waals surface area contributed by atoms with Crippen molar-refractivity contribution in [2.45, 2.75) is 26.8 Å². The second kappa shape index (κ2) is 7.92. The number of carbonyl (C=O) groups excluding carboxylic acids is 1. The van der Waals surface area contributed by atoms with E-state index in [9.17, 15) is 9.18 Å². The molecule has 0 unspecified atom stereocenters. The average molecular weight is 386 g/mol. The summed E-state index contributed by atoms with van der Waals surface area (Å²) in [7, 11) is 0. The zero-order valence-electron chi connectivity index (χ0n) is 15.5. The van der Waals surface area contributed by atoms with E-state index >= 15 is 0 Å². The van der Waals surface area contributed by atoms with Crippen LogP contribution in [-0.4, -0.2) is 22.5 Å². The lowest BCUT2D eigenvalue weighted by atomic mass is 10.00. The number of nitrogens with one attached hydrogen (secondary N) is 1. The van der Waals surface area contributed by atoms with Crippen molar-refractivity contribution in [3.63, 3.8) is 0 Å². The molecule has 3 rings (SSSR count). The highest BCUT2D eigenvalue weighted by Crippen LogP contribution is 2.29. The Labute approximate surface area is 163 Å². The summed E-state index contributed by atoms with van der Waals surface area (Å²) in [6.07, 6.45) is 1.83. The van der Waals surface area contributed by atoms with Gasteiger partial charge in [-0.3, -0.25) is 4.98 Å². The normalized spacial score (nSPS) is 12.0. The summed E-state index contributed by atoms with van der Waals surface area (Å²) < 4.78 is 13.3. The first-order valence-electron chi connectivity index (χ1n) is 8.79. The van der Waals surface area contributed by atoms with Crippen LogP contribution >= 0.6 is 11.6 Å². The fourth-order valence-corrected chi connectivity index (χ4v) is 3.40. The summed E-state index contributed by atoms with van der Waals surface area (Å²) in [5, 5.41) is 4.91. The predicted molar refractivity (Wildman–Crippen MR) is 108 cm³/mol. The molecule has 3 aromatic rings. The molecule has 2 amide bonds. The summed E-state index contributed by atoms with van der Waals surface area (Å²) in [6, 6.07) is 11.7. The van der Waals surface area contributed by atoms with Crippen LogP contribution in [0.3, 0.4) is 0 Å². The molecule has 4 nitrogen and oxygen atoms in total. The molecule has 1 aromatic heterocycles. The summed E-state index contributed by atoms with van der Waals surface area (Å²) in [6.45, 7) is 6.36. The standard InChI is InChI=1S/C21H21ClFN3O/c1-4-26(21(27)25-15-9-10-20(23)19(22)11-15)14(3)18-12-24-13(2)16-7-5-6-8-17(16)18/h5-12,14H,4H2,1-3H3,(H,25,27)/t14-/m1/s1. The molecule has 0 saturated heterocycles. The lowest BCUT2D eigenvalue weighted by Crippen LogP contribution is -2.37. The summed E-state index contributed by atoms with van der Waals surface area (Å²) in [5.41, 5.74) is 2.38. The number of pyridine rings is 1. The van der Waals surface area contributed by atoms with Crippen molar-refractivity contribution in [2.75, 3.05) is 11.9 Å². The number of nitrogens with zero attached hydrogens (tertiary/aromatic N) is 2. The van der Waals surface area contributed by atoms with Gasteiger partial charge in [0, 0.05) is 35.1 Å². The van der Waals surface area contributed by atoms with Crippen molar-refractivity contribution in [3.05, 3.63) is 70.8 Å². The molecule has 0 bridgehead atoms. The van der Waals surface area contributed by atoms with E-state index in [0.717, 1.165) is 22.0 Å². The molecule has 0 aliphatic rings. The zero-order valence-corrected chi connectivity index (χ0v) is 16.2. The Morgan fingerprint density at radius 1 is 1.26 bits per heavy atom. The summed E-state index contributed by atoms with van der Waals surface area (Å²) in [5.74, 6) is -0.521. The average Bonchev–Trinajstić information content (AvgIpc) is 2.66. The van der Waals surface area contributed by atoms with Crippen molar-refractivity contribution in [1.82, 2.24) is 9.88 Å². The second-order valence-electron chi connectivity index (χ2n) is 6.37. The third-order valence-corrected chi connectivity index (χ3v) is 5.00. The van der Waals surface area contributed by atoms with Crippen LogP contribution in [0.2, 0.25) is 5.02 Å². The Balaban J connectivity index is 1.90. The number of hydrogen-bond acceptors (Lipinski definition) is 2. The molecule has 0 aliphatic carbocycles. The largest absolute Gasteiger partial charge is 0.322 e. The van der Waals surface area contributed by atoms with E-state index < -0.39 is 5.82 Å². The van der Waals surface area contributed by atoms with Crippen molar-refractivity contribution < 1.29 is 9.18 Å². The molecule has 0 radical (unpaired) electrons. The van der Waals surface area contributed by atoms with Gasteiger partial charge in [0.05, 0.1) is 11.1 Å². The topological polar surface area (TPSA) is 45.2 Å². The Hall–Kier alpha value is -2.66. The third-order valence-electron chi connectivity index (χ3n) is 4.72. The Bertz CT molecular complexity index is 992. The second-order valence-corrected chi connectivity index (χ2v) is 6.77. The lowest BCUT2D eigenvalue weighted by Gasteiger charge is -2.29. The number of aryl methyl sites for hydroxylation is 1. The van der Waals surface area contributed by atoms with Crippen LogP contribution in [0.1, 0.15) is 31.1 Å². The SMILES string of the molecule is CCN(C(=O)Nc1ccc(F)c(Cl)c1)[C@H](C)c1cnc(C)c2ccccc12. The molecule has 2 aromatic carbocycles. The monoisotopic (exact) mass is 385 g/mol. The number of urea groups is 1. The van der Waals surface area contributed by atoms with Gasteiger partial charge in [0.15, 0.2) is 0 Å². The van der Waals surface area contributed by atoms with Gasteiger partial charge >= 0.3 is 6.03 Å². The maximum Gasteiger partial charge on any atom is 0.322 e. The molecule has 6 heteroatoms. The van der Waals surface area contributed by atoms with Gasteiger partial charge in [-0.2, -0.15) is 0 Å². The van der Waals surface area contributed by atoms with E-state index in [1.807, 2.05) is 51.2 Å². The molecule has 0 spiro atoms. The van der Waals surface area contributed by atoms with E-state index in [1.54, 1.807) is 4.90 Å². The highest BCUT2D eigenvalue weighted by molar-refractivity contribution is 6.31. The number of aromatic nitrogens is 1. The van der Waals surface area contributed by atoms with E-state index in [1.165, 1.54) is 18.2 Å². The molecular formula is C21H21ClFN3O. The Morgan fingerprint density at radius 2 is 1.96 bits per heavy atom. The molecule has 0 saturated carbocycles. The van der Waals surface area contributed by atoms with Crippen LogP contribution in [0.4, 0.5) is 14.9 Å². The van der Waals surface area contributed by atoms with Crippen molar-refractivity contribution in [2.24, 2.45) is 0 Å². The highest BCUT2D eigenvalue weighted by atomic mass is 35.5. The quantitative estimate of drug-likeness (QED) is 0.603. The van der Waals surface area contributed by atoms with Gasteiger partial charge in [-0.15, -0.1) is 0 Å². The molecule has 1 N–H and O–H groups in total. The highest BCUT2D eigenvalue weighted by Gasteiger charge is 2.22. The molecular weight excluding hydrogens is 365 g/mol. The van der Waals surface area contributed by atoms with Gasteiger partial charge in [0.2, 0.25) is 0 Å². The van der Waals surface area contributed by atoms with Crippen LogP contribution in [0.15, 0.2) is 48.7 Å². The van der Waals surface area contributed by atoms with E-state index in [0.29, 0.717) is 12.2 Å². The van der Waals surface area contributed by atoms with Gasteiger partial charge in [0.1, 0.15) is 5.82 Å². The van der Waals surface area contributed by atoms with Gasteiger partial charge < -0.3 is 10.2 Å². The first-order valence-corrected chi connectivity index (χ1v) is 9.17. The fraction of sp³-hybridized carbons (Fsp3) is 0.238. The number of hydrogen-bond donors (Lipinski definition) is 1. The number of fused-ring (bicyclic) bond motifs is 1. The predicted octanol–water partition coefficient (Wildman–Crippen LogP) is 5.95. The molecule has 1 atom stereocenters. The number of carbonyl (C=O) groups is 1. The Kier molecular flexibility index (Phi) is 5.61. The van der Waals surface area contributed by atoms with Crippen LogP contribution in [-0.2, 0) is 0 Å². The molecule has 1 heterocycles. The minimum Gasteiger partial charge on any atom is -0.318 e. The van der Waals surface area contributed by atoms with Crippen LogP contribution in [0.25, 0.3) is 10.8 Å².